The summed E-state index contributed by atoms with van der Waals surface area (Å²) in [5.74, 6) is 1.17. The molecule has 0 aliphatic heterocycles. The van der Waals surface area contributed by atoms with E-state index in [0.717, 1.165) is 11.1 Å². The van der Waals surface area contributed by atoms with Crippen molar-refractivity contribution in [2.75, 3.05) is 0 Å². The Balaban J connectivity index is 1.76. The number of hydrogen-bond donors (Lipinski definition) is 0. The third kappa shape index (κ3) is 2.60. The van der Waals surface area contributed by atoms with Crippen LogP contribution in [0.3, 0.4) is 0 Å². The van der Waals surface area contributed by atoms with Crippen molar-refractivity contribution in [2.45, 2.75) is 13.5 Å². The van der Waals surface area contributed by atoms with Crippen LogP contribution in [0.5, 0.6) is 5.75 Å². The molecule has 0 spiro atoms. The molecule has 3 heteroatoms. The van der Waals surface area contributed by atoms with Crippen LogP contribution in [0, 0.1) is 12.7 Å². The van der Waals surface area contributed by atoms with Crippen molar-refractivity contribution >= 4 is 11.0 Å². The van der Waals surface area contributed by atoms with E-state index in [2.05, 4.69) is 0 Å². The van der Waals surface area contributed by atoms with E-state index in [4.69, 9.17) is 9.15 Å². The second kappa shape index (κ2) is 4.76. The molecule has 3 rings (SSSR count). The molecule has 0 radical (unpaired) electrons. The van der Waals surface area contributed by atoms with Gasteiger partial charge in [-0.1, -0.05) is 17.7 Å². The highest BCUT2D eigenvalue weighted by molar-refractivity contribution is 5.77. The Morgan fingerprint density at radius 2 is 1.84 bits per heavy atom. The van der Waals surface area contributed by atoms with Gasteiger partial charge in [-0.3, -0.25) is 0 Å². The van der Waals surface area contributed by atoms with Crippen molar-refractivity contribution in [1.29, 1.82) is 0 Å². The molecule has 0 N–H and O–H groups in total. The van der Waals surface area contributed by atoms with Crippen molar-refractivity contribution in [1.82, 2.24) is 0 Å². The van der Waals surface area contributed by atoms with Crippen molar-refractivity contribution in [3.63, 3.8) is 0 Å². The summed E-state index contributed by atoms with van der Waals surface area (Å²) in [7, 11) is 0. The first kappa shape index (κ1) is 11.8. The fourth-order valence-electron chi connectivity index (χ4n) is 1.92. The van der Waals surface area contributed by atoms with Gasteiger partial charge in [0.25, 0.3) is 0 Å². The maximum absolute atomic E-state index is 13.0. The smallest absolute Gasteiger partial charge is 0.146 e. The van der Waals surface area contributed by atoms with Gasteiger partial charge in [-0.2, -0.15) is 0 Å². The normalized spacial score (nSPS) is 10.8. The molecule has 0 amide bonds. The van der Waals surface area contributed by atoms with E-state index in [9.17, 15) is 4.39 Å². The number of halogens is 1. The van der Waals surface area contributed by atoms with Crippen molar-refractivity contribution in [3.05, 3.63) is 65.7 Å². The van der Waals surface area contributed by atoms with Crippen LogP contribution in [0.1, 0.15) is 11.3 Å². The maximum atomic E-state index is 13.0. The highest BCUT2D eigenvalue weighted by atomic mass is 19.1. The van der Waals surface area contributed by atoms with Crippen LogP contribution in [-0.4, -0.2) is 0 Å². The summed E-state index contributed by atoms with van der Waals surface area (Å²) in [6.07, 6.45) is 0. The van der Waals surface area contributed by atoms with Gasteiger partial charge in [0, 0.05) is 11.5 Å². The van der Waals surface area contributed by atoms with Gasteiger partial charge >= 0.3 is 0 Å². The minimum Gasteiger partial charge on any atom is -0.486 e. The molecule has 0 saturated heterocycles. The Labute approximate surface area is 110 Å². The molecular formula is C16H13FO2. The zero-order valence-corrected chi connectivity index (χ0v) is 10.5. The van der Waals surface area contributed by atoms with Crippen LogP contribution in [-0.2, 0) is 6.61 Å². The fraction of sp³-hybridized carbons (Fsp3) is 0.125. The number of rotatable bonds is 3. The number of fused-ring (bicyclic) bond motifs is 1. The number of furan rings is 1. The van der Waals surface area contributed by atoms with Gasteiger partial charge < -0.3 is 9.15 Å². The number of aryl methyl sites for hydroxylation is 1. The first-order valence-electron chi connectivity index (χ1n) is 6.08. The van der Waals surface area contributed by atoms with Gasteiger partial charge in [-0.25, -0.2) is 4.39 Å². The molecule has 0 fully saturated rings. The van der Waals surface area contributed by atoms with Crippen LogP contribution in [0.2, 0.25) is 0 Å². The second-order valence-corrected chi connectivity index (χ2v) is 4.50. The predicted molar refractivity (Wildman–Crippen MR) is 71.7 cm³/mol. The molecule has 96 valence electrons. The van der Waals surface area contributed by atoms with Gasteiger partial charge in [0.15, 0.2) is 0 Å². The van der Waals surface area contributed by atoms with Gasteiger partial charge in [0.1, 0.15) is 29.5 Å². The Morgan fingerprint density at radius 3 is 2.63 bits per heavy atom. The molecule has 2 nitrogen and oxygen atoms in total. The molecule has 0 saturated carbocycles. The summed E-state index contributed by atoms with van der Waals surface area (Å²) >= 11 is 0. The Kier molecular flexibility index (Phi) is 2.95. The molecular weight excluding hydrogens is 243 g/mol. The van der Waals surface area contributed by atoms with E-state index in [1.165, 1.54) is 17.7 Å². The summed E-state index contributed by atoms with van der Waals surface area (Å²) in [6.45, 7) is 2.36. The van der Waals surface area contributed by atoms with E-state index in [0.29, 0.717) is 18.0 Å². The number of ether oxygens (including phenoxy) is 1. The maximum Gasteiger partial charge on any atom is 0.146 e. The van der Waals surface area contributed by atoms with E-state index >= 15 is 0 Å². The average Bonchev–Trinajstić information content (AvgIpc) is 2.80. The lowest BCUT2D eigenvalue weighted by atomic mass is 10.2. The largest absolute Gasteiger partial charge is 0.486 e. The zero-order valence-electron chi connectivity index (χ0n) is 10.5. The average molecular weight is 256 g/mol. The van der Waals surface area contributed by atoms with Gasteiger partial charge in [0.05, 0.1) is 0 Å². The minimum absolute atomic E-state index is 0.298. The lowest BCUT2D eigenvalue weighted by molar-refractivity contribution is 0.274. The molecule has 19 heavy (non-hydrogen) atoms. The first-order chi connectivity index (χ1) is 9.20. The molecule has 0 aliphatic carbocycles. The Bertz CT molecular complexity index is 698. The quantitative estimate of drug-likeness (QED) is 0.690. The number of hydrogen-bond acceptors (Lipinski definition) is 2. The lowest BCUT2D eigenvalue weighted by Gasteiger charge is -2.03. The topological polar surface area (TPSA) is 22.4 Å². The molecule has 0 aliphatic rings. The molecule has 0 bridgehead atoms. The molecule has 1 aromatic heterocycles. The lowest BCUT2D eigenvalue weighted by Crippen LogP contribution is -1.93. The molecule has 0 unspecified atom stereocenters. The summed E-state index contributed by atoms with van der Waals surface area (Å²) in [6, 6.07) is 14.2. The van der Waals surface area contributed by atoms with E-state index in [1.807, 2.05) is 37.3 Å². The zero-order chi connectivity index (χ0) is 13.2. The Morgan fingerprint density at radius 1 is 1.05 bits per heavy atom. The van der Waals surface area contributed by atoms with Crippen LogP contribution in [0.15, 0.2) is 52.9 Å². The van der Waals surface area contributed by atoms with Crippen LogP contribution in [0.25, 0.3) is 11.0 Å². The predicted octanol–water partition coefficient (Wildman–Crippen LogP) is 4.46. The van der Waals surface area contributed by atoms with Gasteiger partial charge in [0.2, 0.25) is 0 Å². The van der Waals surface area contributed by atoms with Crippen molar-refractivity contribution in [3.8, 4) is 5.75 Å². The highest BCUT2D eigenvalue weighted by Gasteiger charge is 2.05. The van der Waals surface area contributed by atoms with E-state index < -0.39 is 0 Å². The minimum atomic E-state index is -0.298. The van der Waals surface area contributed by atoms with Gasteiger partial charge in [-0.05, 0) is 37.3 Å². The molecule has 1 heterocycles. The third-order valence-corrected chi connectivity index (χ3v) is 2.94. The summed E-state index contributed by atoms with van der Waals surface area (Å²) in [5, 5.41) is 0.879. The third-order valence-electron chi connectivity index (χ3n) is 2.94. The summed E-state index contributed by atoms with van der Waals surface area (Å²) in [5.41, 5.74) is 1.73. The Hall–Kier alpha value is -2.29. The van der Waals surface area contributed by atoms with E-state index in [-0.39, 0.29) is 5.82 Å². The first-order valence-corrected chi connectivity index (χ1v) is 6.08. The SMILES string of the molecule is Cc1ccc(OCc2cc3ccc(F)cc3o2)cc1. The fourth-order valence-corrected chi connectivity index (χ4v) is 1.92. The highest BCUT2D eigenvalue weighted by Crippen LogP contribution is 2.22. The van der Waals surface area contributed by atoms with Crippen molar-refractivity contribution in [2.24, 2.45) is 0 Å². The number of benzene rings is 2. The second-order valence-electron chi connectivity index (χ2n) is 4.50. The van der Waals surface area contributed by atoms with Crippen molar-refractivity contribution < 1.29 is 13.5 Å². The summed E-state index contributed by atoms with van der Waals surface area (Å²) < 4.78 is 24.2. The standard InChI is InChI=1S/C16H13FO2/c1-11-2-6-14(7-3-11)18-10-15-8-12-4-5-13(17)9-16(12)19-15/h2-9H,10H2,1H3. The molecule has 2 aromatic carbocycles. The monoisotopic (exact) mass is 256 g/mol. The van der Waals surface area contributed by atoms with E-state index in [1.54, 1.807) is 6.07 Å². The van der Waals surface area contributed by atoms with Crippen LogP contribution in [0.4, 0.5) is 4.39 Å². The van der Waals surface area contributed by atoms with Crippen LogP contribution < -0.4 is 4.74 Å². The van der Waals surface area contributed by atoms with Gasteiger partial charge in [-0.15, -0.1) is 0 Å². The molecule has 3 aromatic rings. The summed E-state index contributed by atoms with van der Waals surface area (Å²) in [4.78, 5) is 0. The van der Waals surface area contributed by atoms with Crippen LogP contribution >= 0.6 is 0 Å². The molecule has 0 atom stereocenters.